The molecule has 7 heteroatoms. The summed E-state index contributed by atoms with van der Waals surface area (Å²) >= 11 is 7.55. The van der Waals surface area contributed by atoms with Gasteiger partial charge in [-0.25, -0.2) is 4.39 Å². The van der Waals surface area contributed by atoms with Crippen molar-refractivity contribution in [1.82, 2.24) is 5.32 Å². The number of carbonyl (C=O) groups is 1. The normalized spacial score (nSPS) is 17.0. The molecule has 0 radical (unpaired) electrons. The average Bonchev–Trinajstić information content (AvgIpc) is 3.16. The lowest BCUT2D eigenvalue weighted by atomic mass is 10.0. The van der Waals surface area contributed by atoms with Crippen LogP contribution in [-0.2, 0) is 16.2 Å². The summed E-state index contributed by atoms with van der Waals surface area (Å²) in [5.74, 6) is -0.755. The fourth-order valence-corrected chi connectivity index (χ4v) is 3.06. The highest BCUT2D eigenvalue weighted by Gasteiger charge is 2.30. The molecule has 4 nitrogen and oxygen atoms in total. The lowest BCUT2D eigenvalue weighted by Crippen LogP contribution is -2.34. The van der Waals surface area contributed by atoms with Crippen LogP contribution in [0.3, 0.4) is 0 Å². The summed E-state index contributed by atoms with van der Waals surface area (Å²) in [5.41, 5.74) is 0.539. The summed E-state index contributed by atoms with van der Waals surface area (Å²) in [4.78, 5) is 18.2. The van der Waals surface area contributed by atoms with Gasteiger partial charge in [0, 0.05) is 11.3 Å². The lowest BCUT2D eigenvalue weighted by molar-refractivity contribution is -0.131. The first-order valence-corrected chi connectivity index (χ1v) is 7.88. The average molecular weight is 339 g/mol. The topological polar surface area (TPSA) is 50.7 Å². The number of hydrogen-bond acceptors (Lipinski definition) is 4. The Bertz CT molecular complexity index is 698. The van der Waals surface area contributed by atoms with Gasteiger partial charge < -0.3 is 10.2 Å². The summed E-state index contributed by atoms with van der Waals surface area (Å²) in [5, 5.41) is 8.78. The van der Waals surface area contributed by atoms with Crippen LogP contribution in [0.15, 0.2) is 40.9 Å². The Morgan fingerprint density at radius 1 is 1.45 bits per heavy atom. The molecule has 1 atom stereocenters. The van der Waals surface area contributed by atoms with E-state index in [-0.39, 0.29) is 22.9 Å². The SMILES string of the molecule is O=C(NCc1cccs1)[C@@H]1CC(c2c(F)cccc2Cl)=NO1. The molecule has 0 saturated heterocycles. The van der Waals surface area contributed by atoms with Gasteiger partial charge in [-0.05, 0) is 23.6 Å². The van der Waals surface area contributed by atoms with Crippen LogP contribution in [0.25, 0.3) is 0 Å². The minimum absolute atomic E-state index is 0.191. The number of oxime groups is 1. The third-order valence-electron chi connectivity index (χ3n) is 3.23. The van der Waals surface area contributed by atoms with Gasteiger partial charge in [0.2, 0.25) is 6.10 Å². The molecule has 0 spiro atoms. The van der Waals surface area contributed by atoms with Gasteiger partial charge >= 0.3 is 0 Å². The fourth-order valence-electron chi connectivity index (χ4n) is 2.14. The van der Waals surface area contributed by atoms with Crippen LogP contribution in [0.1, 0.15) is 16.9 Å². The molecule has 1 aromatic heterocycles. The minimum atomic E-state index is -0.759. The second kappa shape index (κ2) is 6.46. The molecule has 2 aromatic rings. The van der Waals surface area contributed by atoms with E-state index in [0.717, 1.165) is 4.88 Å². The Morgan fingerprint density at radius 3 is 3.05 bits per heavy atom. The number of nitrogens with zero attached hydrogens (tertiary/aromatic N) is 1. The number of thiophene rings is 1. The standard InChI is InChI=1S/C15H12ClFN2O2S/c16-10-4-1-5-11(17)14(10)12-7-13(21-19-12)15(20)18-8-9-3-2-6-22-9/h1-6,13H,7-8H2,(H,18,20)/t13-/m0/s1. The molecule has 114 valence electrons. The molecule has 0 fully saturated rings. The highest BCUT2D eigenvalue weighted by atomic mass is 35.5. The van der Waals surface area contributed by atoms with Gasteiger partial charge in [-0.1, -0.05) is 28.9 Å². The van der Waals surface area contributed by atoms with Crippen molar-refractivity contribution in [2.75, 3.05) is 0 Å². The Labute approximate surface area is 135 Å². The molecule has 1 N–H and O–H groups in total. The molecule has 22 heavy (non-hydrogen) atoms. The zero-order chi connectivity index (χ0) is 15.5. The van der Waals surface area contributed by atoms with Crippen LogP contribution >= 0.6 is 22.9 Å². The molecule has 2 heterocycles. The Morgan fingerprint density at radius 2 is 2.32 bits per heavy atom. The maximum atomic E-state index is 13.8. The van der Waals surface area contributed by atoms with Crippen LogP contribution in [0.2, 0.25) is 5.02 Å². The zero-order valence-corrected chi connectivity index (χ0v) is 13.0. The van der Waals surface area contributed by atoms with Crippen molar-refractivity contribution in [3.8, 4) is 0 Å². The highest BCUT2D eigenvalue weighted by Crippen LogP contribution is 2.25. The van der Waals surface area contributed by atoms with Gasteiger partial charge in [-0.3, -0.25) is 4.79 Å². The molecule has 1 aliphatic heterocycles. The number of nitrogens with one attached hydrogen (secondary N) is 1. The van der Waals surface area contributed by atoms with Crippen molar-refractivity contribution in [2.45, 2.75) is 19.1 Å². The first-order chi connectivity index (χ1) is 10.6. The number of carbonyl (C=O) groups excluding carboxylic acids is 1. The predicted octanol–water partition coefficient (Wildman–Crippen LogP) is 3.35. The van der Waals surface area contributed by atoms with E-state index >= 15 is 0 Å². The van der Waals surface area contributed by atoms with Crippen LogP contribution in [0, 0.1) is 5.82 Å². The number of amides is 1. The van der Waals surface area contributed by atoms with E-state index in [0.29, 0.717) is 12.3 Å². The maximum absolute atomic E-state index is 13.8. The minimum Gasteiger partial charge on any atom is -0.382 e. The van der Waals surface area contributed by atoms with Gasteiger partial charge in [0.05, 0.1) is 22.8 Å². The van der Waals surface area contributed by atoms with E-state index in [1.807, 2.05) is 17.5 Å². The second-order valence-corrected chi connectivity index (χ2v) is 6.17. The molecule has 0 saturated carbocycles. The second-order valence-electron chi connectivity index (χ2n) is 4.73. The lowest BCUT2D eigenvalue weighted by Gasteiger charge is -2.08. The van der Waals surface area contributed by atoms with Gasteiger partial charge in [0.25, 0.3) is 5.91 Å². The van der Waals surface area contributed by atoms with Crippen LogP contribution in [0.4, 0.5) is 4.39 Å². The quantitative estimate of drug-likeness (QED) is 0.929. The summed E-state index contributed by atoms with van der Waals surface area (Å²) in [6.07, 6.45) is -0.567. The van der Waals surface area contributed by atoms with Crippen molar-refractivity contribution >= 4 is 34.6 Å². The molecule has 1 aliphatic rings. The first-order valence-electron chi connectivity index (χ1n) is 6.62. The summed E-state index contributed by atoms with van der Waals surface area (Å²) < 4.78 is 13.8. The Hall–Kier alpha value is -1.92. The largest absolute Gasteiger partial charge is 0.382 e. The van der Waals surface area contributed by atoms with E-state index in [9.17, 15) is 9.18 Å². The summed E-state index contributed by atoms with van der Waals surface area (Å²) in [6.45, 7) is 0.437. The molecular weight excluding hydrogens is 327 g/mol. The molecular formula is C15H12ClFN2O2S. The Balaban J connectivity index is 1.63. The van der Waals surface area contributed by atoms with Gasteiger partial charge in [-0.15, -0.1) is 11.3 Å². The highest BCUT2D eigenvalue weighted by molar-refractivity contribution is 7.09. The van der Waals surface area contributed by atoms with Crippen LogP contribution in [0.5, 0.6) is 0 Å². The van der Waals surface area contributed by atoms with E-state index in [2.05, 4.69) is 10.5 Å². The molecule has 0 bridgehead atoms. The van der Waals surface area contributed by atoms with E-state index in [1.54, 1.807) is 17.4 Å². The van der Waals surface area contributed by atoms with Crippen LogP contribution in [-0.4, -0.2) is 17.7 Å². The van der Waals surface area contributed by atoms with Crippen LogP contribution < -0.4 is 5.32 Å². The van der Waals surface area contributed by atoms with E-state index < -0.39 is 11.9 Å². The summed E-state index contributed by atoms with van der Waals surface area (Å²) in [7, 11) is 0. The number of rotatable bonds is 4. The van der Waals surface area contributed by atoms with Crippen molar-refractivity contribution in [1.29, 1.82) is 0 Å². The zero-order valence-electron chi connectivity index (χ0n) is 11.4. The van der Waals surface area contributed by atoms with Gasteiger partial charge in [-0.2, -0.15) is 0 Å². The number of benzene rings is 1. The van der Waals surface area contributed by atoms with Gasteiger partial charge in [0.15, 0.2) is 0 Å². The fraction of sp³-hybridized carbons (Fsp3) is 0.200. The Kier molecular flexibility index (Phi) is 4.40. The van der Waals surface area contributed by atoms with Crippen molar-refractivity contribution < 1.29 is 14.0 Å². The van der Waals surface area contributed by atoms with E-state index in [4.69, 9.17) is 16.4 Å². The molecule has 0 unspecified atom stereocenters. The van der Waals surface area contributed by atoms with Crippen molar-refractivity contribution in [3.63, 3.8) is 0 Å². The van der Waals surface area contributed by atoms with Crippen molar-refractivity contribution in [2.24, 2.45) is 5.16 Å². The third kappa shape index (κ3) is 3.13. The molecule has 1 amide bonds. The van der Waals surface area contributed by atoms with Gasteiger partial charge in [0.1, 0.15) is 5.82 Å². The summed E-state index contributed by atoms with van der Waals surface area (Å²) in [6, 6.07) is 8.24. The first kappa shape index (κ1) is 15.0. The predicted molar refractivity (Wildman–Crippen MR) is 83.6 cm³/mol. The molecule has 3 rings (SSSR count). The number of halogens is 2. The molecule has 1 aromatic carbocycles. The molecule has 0 aliphatic carbocycles. The van der Waals surface area contributed by atoms with Crippen molar-refractivity contribution in [3.05, 3.63) is 57.0 Å². The maximum Gasteiger partial charge on any atom is 0.264 e. The van der Waals surface area contributed by atoms with E-state index in [1.165, 1.54) is 12.1 Å². The number of hydrogen-bond donors (Lipinski definition) is 1. The smallest absolute Gasteiger partial charge is 0.264 e. The third-order valence-corrected chi connectivity index (χ3v) is 4.42. The monoisotopic (exact) mass is 338 g/mol.